The van der Waals surface area contributed by atoms with Crippen molar-refractivity contribution in [1.82, 2.24) is 0 Å². The molecule has 0 amide bonds. The fourth-order valence-corrected chi connectivity index (χ4v) is 1.63. The number of nitrogens with zero attached hydrogens (tertiary/aromatic N) is 2. The summed E-state index contributed by atoms with van der Waals surface area (Å²) in [5.41, 5.74) is -1.40. The molecule has 13 heteroatoms. The first-order chi connectivity index (χ1) is 12.0. The van der Waals surface area contributed by atoms with Crippen molar-refractivity contribution in [2.45, 2.75) is 0 Å². The number of aromatic hydroxyl groups is 2. The van der Waals surface area contributed by atoms with Crippen LogP contribution in [-0.2, 0) is 17.1 Å². The van der Waals surface area contributed by atoms with Crippen molar-refractivity contribution in [3.63, 3.8) is 0 Å². The van der Waals surface area contributed by atoms with Crippen LogP contribution in [0.3, 0.4) is 0 Å². The number of carbonyl (C=O) groups is 2. The van der Waals surface area contributed by atoms with E-state index in [1.807, 2.05) is 0 Å². The van der Waals surface area contributed by atoms with Gasteiger partial charge in [-0.1, -0.05) is 0 Å². The van der Waals surface area contributed by atoms with Crippen molar-refractivity contribution in [2.75, 3.05) is 0 Å². The molecule has 2 rings (SSSR count). The first-order valence-electron chi connectivity index (χ1n) is 6.46. The van der Waals surface area contributed by atoms with Gasteiger partial charge in [0.15, 0.2) is 0 Å². The van der Waals surface area contributed by atoms with Gasteiger partial charge in [0.1, 0.15) is 22.6 Å². The average Bonchev–Trinajstić information content (AvgIpc) is 2.54. The second kappa shape index (κ2) is 9.70. The van der Waals surface area contributed by atoms with Crippen LogP contribution < -0.4 is 0 Å². The number of carboxylic acids is 2. The molecule has 0 aromatic heterocycles. The SMILES string of the molecule is O=C(O)c1ccc([N+](=O)[O-])cc1O.O=C(O)c1ccc([N+](=O)[O-])cc1O.[Cu]. The number of aromatic carboxylic acids is 2. The maximum Gasteiger partial charge on any atom is 0.339 e. The number of non-ortho nitro benzene ring substituents is 2. The minimum atomic E-state index is -1.33. The molecule has 4 N–H and O–H groups in total. The van der Waals surface area contributed by atoms with Crippen molar-refractivity contribution in [1.29, 1.82) is 0 Å². The van der Waals surface area contributed by atoms with Crippen molar-refractivity contribution in [3.05, 3.63) is 67.8 Å². The Hall–Kier alpha value is -3.70. The Labute approximate surface area is 160 Å². The number of hydrogen-bond donors (Lipinski definition) is 4. The number of hydrogen-bond acceptors (Lipinski definition) is 8. The zero-order chi connectivity index (χ0) is 20.0. The molecule has 0 fully saturated rings. The van der Waals surface area contributed by atoms with Gasteiger partial charge in [-0.2, -0.15) is 0 Å². The molecule has 0 aliphatic carbocycles. The summed E-state index contributed by atoms with van der Waals surface area (Å²) in [4.78, 5) is 39.7. The van der Waals surface area contributed by atoms with Crippen LogP contribution in [0.25, 0.3) is 0 Å². The molecule has 2 aromatic carbocycles. The molecule has 0 aliphatic heterocycles. The van der Waals surface area contributed by atoms with E-state index in [0.29, 0.717) is 0 Å². The van der Waals surface area contributed by atoms with E-state index < -0.39 is 33.3 Å². The summed E-state index contributed by atoms with van der Waals surface area (Å²) in [5.74, 6) is -3.87. The molecule has 0 heterocycles. The monoisotopic (exact) mass is 429 g/mol. The number of nitro benzene ring substituents is 2. The van der Waals surface area contributed by atoms with Gasteiger partial charge >= 0.3 is 11.9 Å². The minimum absolute atomic E-state index is 0. The molecule has 0 spiro atoms. The van der Waals surface area contributed by atoms with Gasteiger partial charge < -0.3 is 20.4 Å². The molecule has 12 nitrogen and oxygen atoms in total. The molecule has 0 unspecified atom stereocenters. The smallest absolute Gasteiger partial charge is 0.339 e. The van der Waals surface area contributed by atoms with Gasteiger partial charge in [0, 0.05) is 29.2 Å². The second-order valence-electron chi connectivity index (χ2n) is 4.53. The number of rotatable bonds is 4. The number of benzene rings is 2. The van der Waals surface area contributed by atoms with E-state index in [0.717, 1.165) is 36.4 Å². The molecule has 1 radical (unpaired) electrons. The minimum Gasteiger partial charge on any atom is -0.507 e. The third-order valence-electron chi connectivity index (χ3n) is 2.85. The molecule has 2 aromatic rings. The first kappa shape index (κ1) is 23.3. The fraction of sp³-hybridized carbons (Fsp3) is 0. The maximum atomic E-state index is 10.4. The van der Waals surface area contributed by atoms with Gasteiger partial charge in [0.2, 0.25) is 0 Å². The standard InChI is InChI=1S/2C7H5NO5.Cu/c2*9-6-3-4(8(12)13)1-2-5(6)7(10)11;/h2*1-3,9H,(H,10,11);. The molecule has 0 aliphatic rings. The topological polar surface area (TPSA) is 201 Å². The molecular weight excluding hydrogens is 420 g/mol. The van der Waals surface area contributed by atoms with Gasteiger partial charge in [0.25, 0.3) is 11.4 Å². The summed E-state index contributed by atoms with van der Waals surface area (Å²) in [6.07, 6.45) is 0. The van der Waals surface area contributed by atoms with Crippen LogP contribution in [0.5, 0.6) is 11.5 Å². The van der Waals surface area contributed by atoms with Gasteiger partial charge in [-0.15, -0.1) is 0 Å². The normalized spacial score (nSPS) is 9.19. The third-order valence-corrected chi connectivity index (χ3v) is 2.85. The summed E-state index contributed by atoms with van der Waals surface area (Å²) in [6.45, 7) is 0. The summed E-state index contributed by atoms with van der Waals surface area (Å²) >= 11 is 0. The predicted octanol–water partition coefficient (Wildman–Crippen LogP) is 1.99. The number of phenols is 2. The molecular formula is C14H10CuN2O10. The van der Waals surface area contributed by atoms with Gasteiger partial charge in [-0.3, -0.25) is 20.2 Å². The molecule has 0 bridgehead atoms. The summed E-state index contributed by atoms with van der Waals surface area (Å²) in [5, 5.41) is 55.3. The van der Waals surface area contributed by atoms with E-state index in [9.17, 15) is 29.8 Å². The molecule has 0 saturated carbocycles. The van der Waals surface area contributed by atoms with Crippen LogP contribution in [-0.4, -0.2) is 42.2 Å². The largest absolute Gasteiger partial charge is 0.507 e. The van der Waals surface area contributed by atoms with E-state index in [1.54, 1.807) is 0 Å². The van der Waals surface area contributed by atoms with Gasteiger partial charge in [-0.05, 0) is 12.1 Å². The van der Waals surface area contributed by atoms with Crippen molar-refractivity contribution in [2.24, 2.45) is 0 Å². The van der Waals surface area contributed by atoms with E-state index in [1.165, 1.54) is 0 Å². The van der Waals surface area contributed by atoms with Crippen LogP contribution in [0, 0.1) is 20.2 Å². The quantitative estimate of drug-likeness (QED) is 0.316. The Morgan fingerprint density at radius 2 is 1.04 bits per heavy atom. The van der Waals surface area contributed by atoms with Gasteiger partial charge in [0.05, 0.1) is 22.0 Å². The molecule has 0 atom stereocenters. The first-order valence-corrected chi connectivity index (χ1v) is 6.46. The van der Waals surface area contributed by atoms with E-state index in [-0.39, 0.29) is 39.6 Å². The third kappa shape index (κ3) is 6.26. The Bertz CT molecular complexity index is 826. The van der Waals surface area contributed by atoms with E-state index in [2.05, 4.69) is 0 Å². The van der Waals surface area contributed by atoms with Crippen LogP contribution in [0.4, 0.5) is 11.4 Å². The van der Waals surface area contributed by atoms with Crippen LogP contribution in [0.1, 0.15) is 20.7 Å². The van der Waals surface area contributed by atoms with Crippen molar-refractivity contribution < 1.29 is 56.9 Å². The van der Waals surface area contributed by atoms with Crippen LogP contribution in [0.15, 0.2) is 36.4 Å². The Morgan fingerprint density at radius 3 is 1.22 bits per heavy atom. The zero-order valence-corrected chi connectivity index (χ0v) is 13.8. The van der Waals surface area contributed by atoms with Crippen LogP contribution in [0.2, 0.25) is 0 Å². The van der Waals surface area contributed by atoms with Gasteiger partial charge in [-0.25, -0.2) is 9.59 Å². The maximum absolute atomic E-state index is 10.4. The average molecular weight is 430 g/mol. The fourth-order valence-electron chi connectivity index (χ4n) is 1.63. The number of carboxylic acid groups (broad SMARTS) is 2. The molecule has 27 heavy (non-hydrogen) atoms. The second-order valence-corrected chi connectivity index (χ2v) is 4.53. The Balaban J connectivity index is 0.000000483. The van der Waals surface area contributed by atoms with Crippen molar-refractivity contribution >= 4 is 23.3 Å². The number of nitro groups is 2. The molecule has 0 saturated heterocycles. The molecule has 147 valence electrons. The Morgan fingerprint density at radius 1 is 0.741 bits per heavy atom. The summed E-state index contributed by atoms with van der Waals surface area (Å²) in [7, 11) is 0. The van der Waals surface area contributed by atoms with Crippen LogP contribution >= 0.6 is 0 Å². The summed E-state index contributed by atoms with van der Waals surface area (Å²) in [6, 6.07) is 5.59. The van der Waals surface area contributed by atoms with E-state index in [4.69, 9.17) is 20.4 Å². The summed E-state index contributed by atoms with van der Waals surface area (Å²) < 4.78 is 0. The predicted molar refractivity (Wildman–Crippen MR) is 83.4 cm³/mol. The van der Waals surface area contributed by atoms with Crippen molar-refractivity contribution in [3.8, 4) is 11.5 Å². The zero-order valence-electron chi connectivity index (χ0n) is 12.9. The van der Waals surface area contributed by atoms with E-state index >= 15 is 0 Å². The Kier molecular flexibility index (Phi) is 8.37.